The van der Waals surface area contributed by atoms with Crippen LogP contribution in [0.5, 0.6) is 5.75 Å². The molecule has 0 unspecified atom stereocenters. The summed E-state index contributed by atoms with van der Waals surface area (Å²) < 4.78 is 10.1. The van der Waals surface area contributed by atoms with E-state index in [1.807, 2.05) is 0 Å². The number of halogens is 2. The Balaban J connectivity index is 1.68. The number of esters is 2. The van der Waals surface area contributed by atoms with Gasteiger partial charge in [0.15, 0.2) is 5.75 Å². The van der Waals surface area contributed by atoms with Crippen molar-refractivity contribution in [1.82, 2.24) is 10.2 Å². The molecule has 1 aliphatic heterocycles. The molecule has 2 aromatic rings. The van der Waals surface area contributed by atoms with Gasteiger partial charge in [-0.3, -0.25) is 9.59 Å². The van der Waals surface area contributed by atoms with Gasteiger partial charge in [0, 0.05) is 19.1 Å². The molecule has 11 heteroatoms. The zero-order chi connectivity index (χ0) is 24.8. The van der Waals surface area contributed by atoms with Crippen LogP contribution in [0.1, 0.15) is 22.8 Å². The molecule has 0 radical (unpaired) electrons. The summed E-state index contributed by atoms with van der Waals surface area (Å²) in [4.78, 5) is 50.7. The second-order valence-corrected chi connectivity index (χ2v) is 9.24. The Morgan fingerprint density at radius 2 is 1.76 bits per heavy atom. The third-order valence-corrected chi connectivity index (χ3v) is 6.74. The second kappa shape index (κ2) is 11.6. The highest BCUT2D eigenvalue weighted by molar-refractivity contribution is 7.99. The van der Waals surface area contributed by atoms with E-state index in [1.54, 1.807) is 30.3 Å². The van der Waals surface area contributed by atoms with Crippen molar-refractivity contribution in [2.24, 2.45) is 0 Å². The van der Waals surface area contributed by atoms with Gasteiger partial charge in [-0.2, -0.15) is 0 Å². The third-order valence-electron chi connectivity index (χ3n) is 5.13. The monoisotopic (exact) mass is 524 g/mol. The van der Waals surface area contributed by atoms with Gasteiger partial charge in [0.1, 0.15) is 12.1 Å². The quantitative estimate of drug-likeness (QED) is 0.437. The van der Waals surface area contributed by atoms with Gasteiger partial charge < -0.3 is 19.7 Å². The number of amides is 2. The molecule has 3 rings (SSSR count). The second-order valence-electron chi connectivity index (χ2n) is 7.43. The fourth-order valence-corrected chi connectivity index (χ4v) is 5.01. The molecular weight excluding hydrogens is 503 g/mol. The Hall–Kier alpha value is -2.75. The molecule has 34 heavy (non-hydrogen) atoms. The SMILES string of the molecule is COC(=O)[C@H](Cc1ccc(C(=O)Oc2c(Cl)cccc2Cl)cc1)NC(=O)[C@H]1CSCN1C(C)=O. The Kier molecular flexibility index (Phi) is 8.82. The van der Waals surface area contributed by atoms with Crippen molar-refractivity contribution in [1.29, 1.82) is 0 Å². The van der Waals surface area contributed by atoms with Crippen molar-refractivity contribution in [3.63, 3.8) is 0 Å². The average Bonchev–Trinajstić information content (AvgIpc) is 3.31. The number of carbonyl (C=O) groups is 4. The van der Waals surface area contributed by atoms with Gasteiger partial charge in [-0.1, -0.05) is 41.4 Å². The van der Waals surface area contributed by atoms with Gasteiger partial charge in [0.05, 0.1) is 28.6 Å². The third kappa shape index (κ3) is 6.22. The molecule has 1 saturated heterocycles. The summed E-state index contributed by atoms with van der Waals surface area (Å²) in [7, 11) is 1.23. The van der Waals surface area contributed by atoms with E-state index in [-0.39, 0.29) is 33.7 Å². The van der Waals surface area contributed by atoms with E-state index in [9.17, 15) is 19.2 Å². The van der Waals surface area contributed by atoms with Crippen LogP contribution in [0, 0.1) is 0 Å². The fourth-order valence-electron chi connectivity index (χ4n) is 3.32. The summed E-state index contributed by atoms with van der Waals surface area (Å²) in [5.41, 5.74) is 0.922. The van der Waals surface area contributed by atoms with Crippen molar-refractivity contribution >= 4 is 58.7 Å². The number of hydrogen-bond acceptors (Lipinski definition) is 7. The lowest BCUT2D eigenvalue weighted by molar-refractivity contribution is -0.146. The lowest BCUT2D eigenvalue weighted by Gasteiger charge is -2.24. The number of hydrogen-bond donors (Lipinski definition) is 1. The molecule has 8 nitrogen and oxygen atoms in total. The van der Waals surface area contributed by atoms with Crippen molar-refractivity contribution < 1.29 is 28.7 Å². The number of methoxy groups -OCH3 is 1. The minimum atomic E-state index is -0.961. The standard InChI is InChI=1S/C23H22Cl2N2O6S/c1-13(28)27-12-34-11-19(27)21(29)26-18(23(31)32-2)10-14-6-8-15(9-7-14)22(30)33-20-16(24)4-3-5-17(20)25/h3-9,18-19H,10-12H2,1-2H3,(H,26,29)/t18-,19+/m0/s1. The van der Waals surface area contributed by atoms with E-state index in [0.29, 0.717) is 17.2 Å². The molecule has 2 atom stereocenters. The van der Waals surface area contributed by atoms with Crippen LogP contribution in [0.4, 0.5) is 0 Å². The van der Waals surface area contributed by atoms with E-state index in [4.69, 9.17) is 32.7 Å². The molecule has 1 aliphatic rings. The number of ether oxygens (including phenoxy) is 2. The predicted octanol–water partition coefficient (Wildman–Crippen LogP) is 3.33. The molecule has 0 bridgehead atoms. The summed E-state index contributed by atoms with van der Waals surface area (Å²) >= 11 is 13.5. The molecular formula is C23H22Cl2N2O6S. The lowest BCUT2D eigenvalue weighted by Crippen LogP contribution is -2.52. The number of nitrogens with zero attached hydrogens (tertiary/aromatic N) is 1. The molecule has 2 aromatic carbocycles. The van der Waals surface area contributed by atoms with E-state index < -0.39 is 29.9 Å². The normalized spacial score (nSPS) is 16.0. The van der Waals surface area contributed by atoms with Crippen molar-refractivity contribution in [2.75, 3.05) is 18.7 Å². The number of nitrogens with one attached hydrogen (secondary N) is 1. The average molecular weight is 525 g/mol. The molecule has 2 amide bonds. The van der Waals surface area contributed by atoms with Gasteiger partial charge >= 0.3 is 11.9 Å². The number of rotatable bonds is 7. The topological polar surface area (TPSA) is 102 Å². The van der Waals surface area contributed by atoms with Gasteiger partial charge in [0.2, 0.25) is 11.8 Å². The molecule has 0 spiro atoms. The van der Waals surface area contributed by atoms with Gasteiger partial charge in [-0.15, -0.1) is 11.8 Å². The maximum Gasteiger partial charge on any atom is 0.343 e. The first-order valence-corrected chi connectivity index (χ1v) is 12.1. The summed E-state index contributed by atoms with van der Waals surface area (Å²) in [6.07, 6.45) is 0.129. The molecule has 0 saturated carbocycles. The smallest absolute Gasteiger partial charge is 0.343 e. The van der Waals surface area contributed by atoms with Crippen LogP contribution in [0.25, 0.3) is 0 Å². The predicted molar refractivity (Wildman–Crippen MR) is 129 cm³/mol. The van der Waals surface area contributed by atoms with Crippen LogP contribution in [-0.4, -0.2) is 59.5 Å². The zero-order valence-corrected chi connectivity index (χ0v) is 20.7. The first kappa shape index (κ1) is 25.9. The Morgan fingerprint density at radius 1 is 1.12 bits per heavy atom. The first-order valence-electron chi connectivity index (χ1n) is 10.2. The van der Waals surface area contributed by atoms with Crippen molar-refractivity contribution in [3.05, 3.63) is 63.6 Å². The summed E-state index contributed by atoms with van der Waals surface area (Å²) in [6, 6.07) is 9.48. The zero-order valence-electron chi connectivity index (χ0n) is 18.4. The van der Waals surface area contributed by atoms with Crippen LogP contribution < -0.4 is 10.1 Å². The molecule has 1 N–H and O–H groups in total. The summed E-state index contributed by atoms with van der Waals surface area (Å²) in [6.45, 7) is 1.40. The van der Waals surface area contributed by atoms with Crippen LogP contribution in [-0.2, 0) is 25.5 Å². The highest BCUT2D eigenvalue weighted by Crippen LogP contribution is 2.33. The summed E-state index contributed by atoms with van der Waals surface area (Å²) in [5, 5.41) is 3.10. The first-order chi connectivity index (χ1) is 16.2. The highest BCUT2D eigenvalue weighted by Gasteiger charge is 2.35. The summed E-state index contributed by atoms with van der Waals surface area (Å²) in [5.74, 6) is -0.961. The maximum absolute atomic E-state index is 12.7. The van der Waals surface area contributed by atoms with Crippen molar-refractivity contribution in [2.45, 2.75) is 25.4 Å². The van der Waals surface area contributed by atoms with Crippen LogP contribution >= 0.6 is 35.0 Å². The Bertz CT molecular complexity index is 1080. The molecule has 0 aromatic heterocycles. The maximum atomic E-state index is 12.7. The number of thioether (sulfide) groups is 1. The van der Waals surface area contributed by atoms with E-state index in [1.165, 1.54) is 42.8 Å². The van der Waals surface area contributed by atoms with E-state index in [0.717, 1.165) is 0 Å². The number of carbonyl (C=O) groups excluding carboxylic acids is 4. The van der Waals surface area contributed by atoms with Gasteiger partial charge in [-0.05, 0) is 29.8 Å². The molecule has 1 fully saturated rings. The van der Waals surface area contributed by atoms with Gasteiger partial charge in [0.25, 0.3) is 0 Å². The Morgan fingerprint density at radius 3 is 2.35 bits per heavy atom. The van der Waals surface area contributed by atoms with E-state index in [2.05, 4.69) is 5.32 Å². The van der Waals surface area contributed by atoms with Gasteiger partial charge in [-0.25, -0.2) is 9.59 Å². The largest absolute Gasteiger partial charge is 0.467 e. The fraction of sp³-hybridized carbons (Fsp3) is 0.304. The highest BCUT2D eigenvalue weighted by atomic mass is 35.5. The number of para-hydroxylation sites is 1. The van der Waals surface area contributed by atoms with Crippen LogP contribution in [0.15, 0.2) is 42.5 Å². The minimum absolute atomic E-state index is 0.0676. The van der Waals surface area contributed by atoms with Crippen LogP contribution in [0.2, 0.25) is 10.0 Å². The lowest BCUT2D eigenvalue weighted by atomic mass is 10.0. The van der Waals surface area contributed by atoms with Crippen LogP contribution in [0.3, 0.4) is 0 Å². The molecule has 0 aliphatic carbocycles. The van der Waals surface area contributed by atoms with E-state index >= 15 is 0 Å². The minimum Gasteiger partial charge on any atom is -0.467 e. The Labute approximate surface area is 210 Å². The number of benzene rings is 2. The molecule has 180 valence electrons. The van der Waals surface area contributed by atoms with Crippen molar-refractivity contribution in [3.8, 4) is 5.75 Å². The molecule has 1 heterocycles.